The van der Waals surface area contributed by atoms with Gasteiger partial charge in [0.2, 0.25) is 0 Å². The summed E-state index contributed by atoms with van der Waals surface area (Å²) in [4.78, 5) is 12.4. The number of aromatic nitrogens is 4. The van der Waals surface area contributed by atoms with E-state index in [0.717, 1.165) is 11.7 Å². The number of fused-ring (bicyclic) bond motifs is 1. The van der Waals surface area contributed by atoms with E-state index >= 15 is 0 Å². The molecule has 1 aromatic carbocycles. The number of hydrogen-bond donors (Lipinski definition) is 2. The van der Waals surface area contributed by atoms with Gasteiger partial charge in [-0.1, -0.05) is 11.6 Å². The van der Waals surface area contributed by atoms with Crippen LogP contribution in [0.2, 0.25) is 5.02 Å². The van der Waals surface area contributed by atoms with Crippen LogP contribution in [0.3, 0.4) is 0 Å². The van der Waals surface area contributed by atoms with E-state index in [-0.39, 0.29) is 5.91 Å². The van der Waals surface area contributed by atoms with E-state index in [1.807, 2.05) is 6.92 Å². The van der Waals surface area contributed by atoms with Crippen LogP contribution in [-0.2, 0) is 6.54 Å². The van der Waals surface area contributed by atoms with Crippen LogP contribution in [0.1, 0.15) is 17.4 Å². The summed E-state index contributed by atoms with van der Waals surface area (Å²) in [7, 11) is 0. The first-order valence-corrected chi connectivity index (χ1v) is 7.26. The fourth-order valence-electron chi connectivity index (χ4n) is 2.01. The summed E-state index contributed by atoms with van der Waals surface area (Å²) in [5.74, 6) is -0.380. The summed E-state index contributed by atoms with van der Waals surface area (Å²) in [6.45, 7) is 2.41. The zero-order valence-electron chi connectivity index (χ0n) is 11.0. The van der Waals surface area contributed by atoms with Gasteiger partial charge in [0.25, 0.3) is 5.91 Å². The number of nitrogens with zero attached hydrogens (tertiary/aromatic N) is 4. The molecule has 0 aliphatic carbocycles. The van der Waals surface area contributed by atoms with Crippen molar-refractivity contribution >= 4 is 51.6 Å². The minimum absolute atomic E-state index is 0.300. The highest BCUT2D eigenvalue weighted by Gasteiger charge is 2.19. The van der Waals surface area contributed by atoms with Gasteiger partial charge in [0.1, 0.15) is 16.7 Å². The molecule has 0 aliphatic heterocycles. The Labute approximate surface area is 129 Å². The third kappa shape index (κ3) is 2.32. The minimum Gasteiger partial charge on any atom is -0.396 e. The van der Waals surface area contributed by atoms with Gasteiger partial charge in [-0.3, -0.25) is 9.48 Å². The molecule has 2 aromatic heterocycles. The molecular formula is C12H11ClN6OS. The first kappa shape index (κ1) is 13.8. The maximum Gasteiger partial charge on any atom is 0.276 e. The van der Waals surface area contributed by atoms with Crippen LogP contribution in [0.5, 0.6) is 0 Å². The fourth-order valence-corrected chi connectivity index (χ4v) is 2.75. The molecule has 108 valence electrons. The number of anilines is 2. The van der Waals surface area contributed by atoms with Crippen LogP contribution < -0.4 is 11.1 Å². The Hall–Kier alpha value is -2.19. The molecule has 3 aromatic rings. The van der Waals surface area contributed by atoms with Crippen molar-refractivity contribution in [3.05, 3.63) is 29.0 Å². The van der Waals surface area contributed by atoms with E-state index in [0.29, 0.717) is 39.7 Å². The number of halogens is 1. The zero-order chi connectivity index (χ0) is 15.0. The molecule has 3 N–H and O–H groups in total. The number of amides is 1. The van der Waals surface area contributed by atoms with Crippen LogP contribution in [0.15, 0.2) is 18.3 Å². The summed E-state index contributed by atoms with van der Waals surface area (Å²) in [5, 5.41) is 7.19. The van der Waals surface area contributed by atoms with Crippen molar-refractivity contribution in [2.24, 2.45) is 0 Å². The maximum absolute atomic E-state index is 12.4. The molecule has 0 bridgehead atoms. The highest BCUT2D eigenvalue weighted by molar-refractivity contribution is 7.00. The third-order valence-corrected chi connectivity index (χ3v) is 3.86. The lowest BCUT2D eigenvalue weighted by molar-refractivity contribution is 0.101. The Kier molecular flexibility index (Phi) is 3.48. The Morgan fingerprint density at radius 1 is 1.48 bits per heavy atom. The molecule has 21 heavy (non-hydrogen) atoms. The van der Waals surface area contributed by atoms with Gasteiger partial charge in [-0.2, -0.15) is 13.8 Å². The quantitative estimate of drug-likeness (QED) is 0.771. The molecule has 1 amide bonds. The summed E-state index contributed by atoms with van der Waals surface area (Å²) in [6, 6.07) is 3.42. The number of nitrogens with one attached hydrogen (secondary N) is 1. The fraction of sp³-hybridized carbons (Fsp3) is 0.167. The second-order valence-corrected chi connectivity index (χ2v) is 5.21. The van der Waals surface area contributed by atoms with Gasteiger partial charge in [-0.15, -0.1) is 0 Å². The summed E-state index contributed by atoms with van der Waals surface area (Å²) in [5.41, 5.74) is 8.07. The average Bonchev–Trinajstić information content (AvgIpc) is 3.08. The normalized spacial score (nSPS) is 11.0. The molecule has 9 heteroatoms. The molecule has 3 rings (SSSR count). The average molecular weight is 323 g/mol. The highest BCUT2D eigenvalue weighted by atomic mass is 35.5. The Balaban J connectivity index is 2.02. The van der Waals surface area contributed by atoms with Gasteiger partial charge in [-0.05, 0) is 19.1 Å². The lowest BCUT2D eigenvalue weighted by Crippen LogP contribution is -2.19. The van der Waals surface area contributed by atoms with Gasteiger partial charge in [0.15, 0.2) is 0 Å². The summed E-state index contributed by atoms with van der Waals surface area (Å²) in [6.07, 6.45) is 1.45. The lowest BCUT2D eigenvalue weighted by atomic mass is 10.2. The SMILES string of the molecule is CCn1ncc(N)c1C(=O)Nc1c(Cl)ccc2nsnc12. The van der Waals surface area contributed by atoms with Gasteiger partial charge >= 0.3 is 0 Å². The Morgan fingerprint density at radius 3 is 3.05 bits per heavy atom. The first-order valence-electron chi connectivity index (χ1n) is 6.15. The molecule has 2 heterocycles. The van der Waals surface area contributed by atoms with Crippen LogP contribution in [0.4, 0.5) is 11.4 Å². The van der Waals surface area contributed by atoms with Gasteiger partial charge in [-0.25, -0.2) is 0 Å². The zero-order valence-corrected chi connectivity index (χ0v) is 12.6. The van der Waals surface area contributed by atoms with Crippen molar-refractivity contribution in [2.45, 2.75) is 13.5 Å². The molecule has 0 fully saturated rings. The van der Waals surface area contributed by atoms with E-state index in [9.17, 15) is 4.79 Å². The van der Waals surface area contributed by atoms with Crippen LogP contribution in [-0.4, -0.2) is 24.4 Å². The number of carbonyl (C=O) groups is 1. The van der Waals surface area contributed by atoms with E-state index in [2.05, 4.69) is 19.2 Å². The lowest BCUT2D eigenvalue weighted by Gasteiger charge is -2.09. The standard InChI is InChI=1S/C12H11ClN6OS/c1-2-19-11(7(14)5-15-19)12(20)16-9-6(13)3-4-8-10(9)18-21-17-8/h3-5H,2,14H2,1H3,(H,16,20). The predicted molar refractivity (Wildman–Crippen MR) is 82.7 cm³/mol. The predicted octanol–water partition coefficient (Wildman–Crippen LogP) is 2.40. The Morgan fingerprint density at radius 2 is 2.29 bits per heavy atom. The number of nitrogen functional groups attached to an aromatic ring is 1. The van der Waals surface area contributed by atoms with Crippen LogP contribution in [0, 0.1) is 0 Å². The minimum atomic E-state index is -0.380. The van der Waals surface area contributed by atoms with E-state index in [1.165, 1.54) is 10.9 Å². The number of nitrogens with two attached hydrogens (primary N) is 1. The molecule has 0 atom stereocenters. The molecule has 0 unspecified atom stereocenters. The topological polar surface area (TPSA) is 98.7 Å². The van der Waals surface area contributed by atoms with Gasteiger partial charge < -0.3 is 11.1 Å². The molecule has 7 nitrogen and oxygen atoms in total. The monoisotopic (exact) mass is 322 g/mol. The highest BCUT2D eigenvalue weighted by Crippen LogP contribution is 2.30. The third-order valence-electron chi connectivity index (χ3n) is 3.00. The van der Waals surface area contributed by atoms with E-state index in [4.69, 9.17) is 17.3 Å². The van der Waals surface area contributed by atoms with Crippen molar-refractivity contribution in [3.8, 4) is 0 Å². The van der Waals surface area contributed by atoms with Crippen molar-refractivity contribution in [2.75, 3.05) is 11.1 Å². The molecule has 0 radical (unpaired) electrons. The van der Waals surface area contributed by atoms with Crippen molar-refractivity contribution < 1.29 is 4.79 Å². The smallest absolute Gasteiger partial charge is 0.276 e. The molecule has 0 spiro atoms. The molecular weight excluding hydrogens is 312 g/mol. The molecule has 0 saturated carbocycles. The maximum atomic E-state index is 12.4. The van der Waals surface area contributed by atoms with Crippen molar-refractivity contribution in [1.82, 2.24) is 18.5 Å². The Bertz CT molecular complexity index is 826. The van der Waals surface area contributed by atoms with E-state index < -0.39 is 0 Å². The second-order valence-electron chi connectivity index (χ2n) is 4.27. The van der Waals surface area contributed by atoms with Crippen LogP contribution in [0.25, 0.3) is 11.0 Å². The molecule has 0 saturated heterocycles. The number of carbonyl (C=O) groups excluding carboxylic acids is 1. The number of benzene rings is 1. The summed E-state index contributed by atoms with van der Waals surface area (Å²) >= 11 is 7.21. The number of hydrogen-bond acceptors (Lipinski definition) is 6. The van der Waals surface area contributed by atoms with Gasteiger partial charge in [0, 0.05) is 6.54 Å². The first-order chi connectivity index (χ1) is 10.1. The number of aryl methyl sites for hydroxylation is 1. The summed E-state index contributed by atoms with van der Waals surface area (Å²) < 4.78 is 9.80. The molecule has 0 aliphatic rings. The van der Waals surface area contributed by atoms with Crippen molar-refractivity contribution in [1.29, 1.82) is 0 Å². The second kappa shape index (κ2) is 5.30. The largest absolute Gasteiger partial charge is 0.396 e. The number of rotatable bonds is 3. The van der Waals surface area contributed by atoms with Gasteiger partial charge in [0.05, 0.1) is 34.3 Å². The van der Waals surface area contributed by atoms with E-state index in [1.54, 1.807) is 12.1 Å². The van der Waals surface area contributed by atoms with Crippen LogP contribution >= 0.6 is 23.3 Å². The van der Waals surface area contributed by atoms with Crippen molar-refractivity contribution in [3.63, 3.8) is 0 Å².